The Hall–Kier alpha value is -3.23. The van der Waals surface area contributed by atoms with E-state index in [9.17, 15) is 18.0 Å². The number of aromatic nitrogens is 3. The van der Waals surface area contributed by atoms with E-state index in [1.165, 1.54) is 6.20 Å². The van der Waals surface area contributed by atoms with Gasteiger partial charge in [-0.1, -0.05) is 24.3 Å². The van der Waals surface area contributed by atoms with Crippen LogP contribution in [-0.2, 0) is 4.79 Å². The number of nitrogens with zero attached hydrogens (tertiary/aromatic N) is 3. The van der Waals surface area contributed by atoms with Crippen molar-refractivity contribution in [2.75, 3.05) is 6.61 Å². The molecule has 0 bridgehead atoms. The maximum Gasteiger partial charge on any atom is 0.422 e. The number of benzene rings is 1. The van der Waals surface area contributed by atoms with Crippen LogP contribution in [0, 0.1) is 5.92 Å². The number of halogens is 3. The Balaban J connectivity index is 1.33. The third-order valence-corrected chi connectivity index (χ3v) is 4.96. The standard InChI is InChI=1S/C21H19F3N4O2/c1-12(18-9-26-19(10-25-18)30-11-21(22,23)24)27-20(29)15-8-14(15)17-7-6-13-4-2-3-5-16(13)28-17/h2-7,9-10,12,14-15H,8,11H2,1H3,(H,27,29)/t12-,14-,15-/m1/s1. The van der Waals surface area contributed by atoms with Gasteiger partial charge in [0.05, 0.1) is 29.6 Å². The van der Waals surface area contributed by atoms with Gasteiger partial charge in [0.1, 0.15) is 0 Å². The molecule has 1 aliphatic rings. The highest BCUT2D eigenvalue weighted by Crippen LogP contribution is 2.47. The van der Waals surface area contributed by atoms with Crippen molar-refractivity contribution in [1.82, 2.24) is 20.3 Å². The second-order valence-electron chi connectivity index (χ2n) is 7.29. The van der Waals surface area contributed by atoms with Gasteiger partial charge in [-0.25, -0.2) is 4.98 Å². The van der Waals surface area contributed by atoms with Gasteiger partial charge < -0.3 is 10.1 Å². The molecule has 3 atom stereocenters. The van der Waals surface area contributed by atoms with Gasteiger partial charge in [-0.05, 0) is 25.5 Å². The van der Waals surface area contributed by atoms with Crippen molar-refractivity contribution in [3.05, 3.63) is 60.2 Å². The minimum atomic E-state index is -4.44. The summed E-state index contributed by atoms with van der Waals surface area (Å²) in [5.74, 6) is -0.421. The molecule has 3 aromatic rings. The molecular formula is C21H19F3N4O2. The molecule has 2 heterocycles. The minimum Gasteiger partial charge on any atom is -0.467 e. The van der Waals surface area contributed by atoms with E-state index < -0.39 is 18.8 Å². The number of hydrogen-bond donors (Lipinski definition) is 1. The summed E-state index contributed by atoms with van der Waals surface area (Å²) < 4.78 is 41.1. The lowest BCUT2D eigenvalue weighted by Gasteiger charge is -2.14. The summed E-state index contributed by atoms with van der Waals surface area (Å²) in [6, 6.07) is 11.3. The third-order valence-electron chi connectivity index (χ3n) is 4.96. The predicted molar refractivity (Wildman–Crippen MR) is 103 cm³/mol. The molecule has 1 N–H and O–H groups in total. The van der Waals surface area contributed by atoms with Crippen LogP contribution in [-0.4, -0.2) is 33.6 Å². The molecule has 1 saturated carbocycles. The summed E-state index contributed by atoms with van der Waals surface area (Å²) >= 11 is 0. The van der Waals surface area contributed by atoms with E-state index in [0.29, 0.717) is 5.69 Å². The number of carbonyl (C=O) groups excluding carboxylic acids is 1. The van der Waals surface area contributed by atoms with Crippen molar-refractivity contribution in [1.29, 1.82) is 0 Å². The Morgan fingerprint density at radius 1 is 1.20 bits per heavy atom. The van der Waals surface area contributed by atoms with Gasteiger partial charge >= 0.3 is 6.18 Å². The zero-order valence-corrected chi connectivity index (χ0v) is 16.1. The Labute approximate surface area is 170 Å². The average Bonchev–Trinajstić information content (AvgIpc) is 3.53. The fourth-order valence-corrected chi connectivity index (χ4v) is 3.27. The first kappa shape index (κ1) is 20.1. The summed E-state index contributed by atoms with van der Waals surface area (Å²) in [4.78, 5) is 25.1. The predicted octanol–water partition coefficient (Wildman–Crippen LogP) is 3.95. The van der Waals surface area contributed by atoms with Crippen LogP contribution in [0.1, 0.15) is 36.7 Å². The van der Waals surface area contributed by atoms with Gasteiger partial charge in [0.25, 0.3) is 0 Å². The summed E-state index contributed by atoms with van der Waals surface area (Å²) in [6.07, 6.45) is -1.31. The van der Waals surface area contributed by atoms with Crippen molar-refractivity contribution in [3.63, 3.8) is 0 Å². The lowest BCUT2D eigenvalue weighted by atomic mass is 10.1. The van der Waals surface area contributed by atoms with Gasteiger partial charge in [0.2, 0.25) is 11.8 Å². The van der Waals surface area contributed by atoms with Crippen molar-refractivity contribution < 1.29 is 22.7 Å². The lowest BCUT2D eigenvalue weighted by molar-refractivity contribution is -0.154. The molecule has 4 rings (SSSR count). The normalized spacial score (nSPS) is 19.3. The largest absolute Gasteiger partial charge is 0.467 e. The fourth-order valence-electron chi connectivity index (χ4n) is 3.27. The lowest BCUT2D eigenvalue weighted by Crippen LogP contribution is -2.29. The quantitative estimate of drug-likeness (QED) is 0.659. The Morgan fingerprint density at radius 3 is 2.73 bits per heavy atom. The third kappa shape index (κ3) is 4.67. The van der Waals surface area contributed by atoms with Crippen molar-refractivity contribution in [3.8, 4) is 5.88 Å². The molecule has 1 aliphatic carbocycles. The number of para-hydroxylation sites is 1. The van der Waals surface area contributed by atoms with Crippen LogP contribution < -0.4 is 10.1 Å². The van der Waals surface area contributed by atoms with E-state index in [1.54, 1.807) is 6.92 Å². The molecule has 6 nitrogen and oxygen atoms in total. The van der Waals surface area contributed by atoms with E-state index in [4.69, 9.17) is 0 Å². The van der Waals surface area contributed by atoms with E-state index in [-0.39, 0.29) is 23.6 Å². The molecule has 1 fully saturated rings. The summed E-state index contributed by atoms with van der Waals surface area (Å²) in [7, 11) is 0. The van der Waals surface area contributed by atoms with Crippen LogP contribution in [0.5, 0.6) is 5.88 Å². The zero-order chi connectivity index (χ0) is 21.3. The number of amides is 1. The monoisotopic (exact) mass is 416 g/mol. The number of alkyl halides is 3. The van der Waals surface area contributed by atoms with Crippen LogP contribution in [0.25, 0.3) is 10.9 Å². The SMILES string of the molecule is C[C@@H](NC(=O)[C@@H]1C[C@H]1c1ccc2ccccc2n1)c1cnc(OCC(F)(F)F)cn1. The van der Waals surface area contributed by atoms with Crippen molar-refractivity contribution in [2.24, 2.45) is 5.92 Å². The molecule has 2 aromatic heterocycles. The van der Waals surface area contributed by atoms with E-state index in [2.05, 4.69) is 25.0 Å². The number of rotatable bonds is 6. The highest BCUT2D eigenvalue weighted by Gasteiger charge is 2.45. The second-order valence-corrected chi connectivity index (χ2v) is 7.29. The number of pyridine rings is 1. The Bertz CT molecular complexity index is 1060. The number of nitrogens with one attached hydrogen (secondary N) is 1. The number of fused-ring (bicyclic) bond motifs is 1. The highest BCUT2D eigenvalue weighted by molar-refractivity contribution is 5.84. The summed E-state index contributed by atoms with van der Waals surface area (Å²) in [5.41, 5.74) is 2.23. The van der Waals surface area contributed by atoms with Crippen molar-refractivity contribution >= 4 is 16.8 Å². The molecule has 9 heteroatoms. The first-order valence-electron chi connectivity index (χ1n) is 9.48. The highest BCUT2D eigenvalue weighted by atomic mass is 19.4. The van der Waals surface area contributed by atoms with Gasteiger partial charge in [-0.15, -0.1) is 0 Å². The number of hydrogen-bond acceptors (Lipinski definition) is 5. The van der Waals surface area contributed by atoms with E-state index >= 15 is 0 Å². The molecule has 0 aliphatic heterocycles. The number of carbonyl (C=O) groups is 1. The zero-order valence-electron chi connectivity index (χ0n) is 16.1. The van der Waals surface area contributed by atoms with Crippen LogP contribution >= 0.6 is 0 Å². The van der Waals surface area contributed by atoms with Crippen LogP contribution in [0.3, 0.4) is 0 Å². The van der Waals surface area contributed by atoms with E-state index in [1.807, 2.05) is 36.4 Å². The summed E-state index contributed by atoms with van der Waals surface area (Å²) in [5, 5.41) is 3.93. The molecular weight excluding hydrogens is 397 g/mol. The Morgan fingerprint density at radius 2 is 2.00 bits per heavy atom. The number of ether oxygens (including phenoxy) is 1. The van der Waals surface area contributed by atoms with Crippen molar-refractivity contribution in [2.45, 2.75) is 31.5 Å². The van der Waals surface area contributed by atoms with Gasteiger partial charge in [-0.3, -0.25) is 14.8 Å². The maximum atomic E-state index is 12.6. The smallest absolute Gasteiger partial charge is 0.422 e. The van der Waals surface area contributed by atoms with Gasteiger partial charge in [0, 0.05) is 22.9 Å². The van der Waals surface area contributed by atoms with Crippen LogP contribution in [0.4, 0.5) is 13.2 Å². The molecule has 0 saturated heterocycles. The fraction of sp³-hybridized carbons (Fsp3) is 0.333. The van der Waals surface area contributed by atoms with Crippen LogP contribution in [0.15, 0.2) is 48.8 Å². The first-order chi connectivity index (χ1) is 14.3. The molecule has 156 valence electrons. The minimum absolute atomic E-state index is 0.0750. The molecule has 1 amide bonds. The van der Waals surface area contributed by atoms with Gasteiger partial charge in [-0.2, -0.15) is 13.2 Å². The van der Waals surface area contributed by atoms with Crippen LogP contribution in [0.2, 0.25) is 0 Å². The molecule has 0 unspecified atom stereocenters. The second kappa shape index (κ2) is 7.89. The molecule has 0 spiro atoms. The van der Waals surface area contributed by atoms with E-state index in [0.717, 1.165) is 29.2 Å². The van der Waals surface area contributed by atoms with Gasteiger partial charge in [0.15, 0.2) is 6.61 Å². The Kier molecular flexibility index (Phi) is 5.27. The molecule has 1 aromatic carbocycles. The molecule has 30 heavy (non-hydrogen) atoms. The topological polar surface area (TPSA) is 77.0 Å². The average molecular weight is 416 g/mol. The molecule has 0 radical (unpaired) electrons. The summed E-state index contributed by atoms with van der Waals surface area (Å²) in [6.45, 7) is 0.309. The maximum absolute atomic E-state index is 12.6. The first-order valence-corrected chi connectivity index (χ1v) is 9.48.